The van der Waals surface area contributed by atoms with Gasteiger partial charge in [0.05, 0.1) is 6.04 Å². The number of hydrogen-bond acceptors (Lipinski definition) is 1. The van der Waals surface area contributed by atoms with E-state index in [1.807, 2.05) is 12.1 Å². The van der Waals surface area contributed by atoms with Crippen molar-refractivity contribution in [2.45, 2.75) is 39.7 Å². The van der Waals surface area contributed by atoms with Gasteiger partial charge in [0.1, 0.15) is 0 Å². The van der Waals surface area contributed by atoms with Gasteiger partial charge in [0, 0.05) is 6.92 Å². The summed E-state index contributed by atoms with van der Waals surface area (Å²) in [6.45, 7) is 5.79. The van der Waals surface area contributed by atoms with Crippen molar-refractivity contribution in [3.63, 3.8) is 0 Å². The fourth-order valence-corrected chi connectivity index (χ4v) is 1.82. The van der Waals surface area contributed by atoms with Crippen LogP contribution >= 0.6 is 0 Å². The summed E-state index contributed by atoms with van der Waals surface area (Å²) >= 11 is 0. The summed E-state index contributed by atoms with van der Waals surface area (Å²) in [7, 11) is 0. The van der Waals surface area contributed by atoms with E-state index in [1.165, 1.54) is 11.1 Å². The van der Waals surface area contributed by atoms with Crippen LogP contribution in [0.15, 0.2) is 24.3 Å². The molecule has 2 nitrogen and oxygen atoms in total. The molecule has 0 aliphatic rings. The van der Waals surface area contributed by atoms with Crippen LogP contribution in [-0.4, -0.2) is 5.91 Å². The summed E-state index contributed by atoms with van der Waals surface area (Å²) in [5, 5.41) is 3.00. The van der Waals surface area contributed by atoms with Gasteiger partial charge >= 0.3 is 0 Å². The van der Waals surface area contributed by atoms with Crippen molar-refractivity contribution < 1.29 is 4.79 Å². The molecule has 15 heavy (non-hydrogen) atoms. The highest BCUT2D eigenvalue weighted by molar-refractivity contribution is 5.73. The first-order valence-electron chi connectivity index (χ1n) is 5.47. The summed E-state index contributed by atoms with van der Waals surface area (Å²) in [5.74, 6) is 0.0386. The first-order valence-corrected chi connectivity index (χ1v) is 5.47. The van der Waals surface area contributed by atoms with Gasteiger partial charge in [-0.15, -0.1) is 0 Å². The molecule has 0 fully saturated rings. The second-order valence-corrected chi connectivity index (χ2v) is 3.90. The maximum absolute atomic E-state index is 11.1. The standard InChI is InChI=1S/C13H19NO/c1-4-7-13(14-11(3)15)12-9-6-5-8-10(12)2/h5-6,8-9,13H,4,7H2,1-3H3,(H,14,15). The molecule has 82 valence electrons. The molecule has 1 aromatic rings. The van der Waals surface area contributed by atoms with Crippen molar-refractivity contribution in [3.05, 3.63) is 35.4 Å². The maximum atomic E-state index is 11.1. The van der Waals surface area contributed by atoms with Crippen LogP contribution in [0.4, 0.5) is 0 Å². The molecule has 0 saturated heterocycles. The maximum Gasteiger partial charge on any atom is 0.217 e. The highest BCUT2D eigenvalue weighted by atomic mass is 16.1. The first-order chi connectivity index (χ1) is 7.15. The monoisotopic (exact) mass is 205 g/mol. The minimum absolute atomic E-state index is 0.0386. The molecule has 1 aromatic carbocycles. The van der Waals surface area contributed by atoms with Gasteiger partial charge < -0.3 is 5.32 Å². The van der Waals surface area contributed by atoms with Crippen molar-refractivity contribution in [2.75, 3.05) is 0 Å². The number of benzene rings is 1. The third-order valence-corrected chi connectivity index (χ3v) is 2.52. The summed E-state index contributed by atoms with van der Waals surface area (Å²) in [4.78, 5) is 11.1. The average molecular weight is 205 g/mol. The smallest absolute Gasteiger partial charge is 0.217 e. The zero-order valence-electron chi connectivity index (χ0n) is 9.71. The molecule has 1 amide bonds. The van der Waals surface area contributed by atoms with Gasteiger partial charge in [-0.2, -0.15) is 0 Å². The first kappa shape index (κ1) is 11.8. The largest absolute Gasteiger partial charge is 0.350 e. The molecule has 1 N–H and O–H groups in total. The lowest BCUT2D eigenvalue weighted by molar-refractivity contribution is -0.119. The van der Waals surface area contributed by atoms with Gasteiger partial charge in [-0.3, -0.25) is 4.79 Å². The molecule has 1 atom stereocenters. The van der Waals surface area contributed by atoms with Crippen molar-refractivity contribution in [1.29, 1.82) is 0 Å². The molecule has 0 aromatic heterocycles. The molecule has 2 heteroatoms. The van der Waals surface area contributed by atoms with Crippen molar-refractivity contribution in [1.82, 2.24) is 5.32 Å². The topological polar surface area (TPSA) is 29.1 Å². The Morgan fingerprint density at radius 1 is 1.40 bits per heavy atom. The van der Waals surface area contributed by atoms with Gasteiger partial charge in [-0.05, 0) is 24.5 Å². The third-order valence-electron chi connectivity index (χ3n) is 2.52. The molecule has 0 heterocycles. The van der Waals surface area contributed by atoms with Crippen LogP contribution < -0.4 is 5.32 Å². The predicted octanol–water partition coefficient (Wildman–Crippen LogP) is 2.97. The number of nitrogens with one attached hydrogen (secondary N) is 1. The molecule has 0 radical (unpaired) electrons. The Kier molecular flexibility index (Phi) is 4.35. The third kappa shape index (κ3) is 3.39. The number of hydrogen-bond donors (Lipinski definition) is 1. The van der Waals surface area contributed by atoms with E-state index in [1.54, 1.807) is 6.92 Å². The predicted molar refractivity (Wildman–Crippen MR) is 62.6 cm³/mol. The second kappa shape index (κ2) is 5.54. The number of amides is 1. The quantitative estimate of drug-likeness (QED) is 0.804. The Balaban J connectivity index is 2.88. The van der Waals surface area contributed by atoms with Crippen molar-refractivity contribution >= 4 is 5.91 Å². The van der Waals surface area contributed by atoms with Crippen LogP contribution in [-0.2, 0) is 4.79 Å². The molecule has 0 aliphatic heterocycles. The fourth-order valence-electron chi connectivity index (χ4n) is 1.82. The molecule has 0 spiro atoms. The number of carbonyl (C=O) groups is 1. The SMILES string of the molecule is CCCC(NC(C)=O)c1ccccc1C. The summed E-state index contributed by atoms with van der Waals surface area (Å²) < 4.78 is 0. The van der Waals surface area contributed by atoms with Gasteiger partial charge in [-0.25, -0.2) is 0 Å². The highest BCUT2D eigenvalue weighted by Gasteiger charge is 2.12. The number of carbonyl (C=O) groups excluding carboxylic acids is 1. The minimum atomic E-state index is 0.0386. The lowest BCUT2D eigenvalue weighted by Gasteiger charge is -2.19. The molecule has 0 bridgehead atoms. The van der Waals surface area contributed by atoms with Crippen LogP contribution in [0.2, 0.25) is 0 Å². The van der Waals surface area contributed by atoms with Crippen LogP contribution in [0.5, 0.6) is 0 Å². The Morgan fingerprint density at radius 3 is 2.60 bits per heavy atom. The van der Waals surface area contributed by atoms with Crippen molar-refractivity contribution in [2.24, 2.45) is 0 Å². The Hall–Kier alpha value is -1.31. The molecule has 0 aliphatic carbocycles. The normalized spacial score (nSPS) is 12.2. The van der Waals surface area contributed by atoms with Crippen LogP contribution in [0.25, 0.3) is 0 Å². The van der Waals surface area contributed by atoms with Gasteiger partial charge in [-0.1, -0.05) is 37.6 Å². The average Bonchev–Trinajstić information content (AvgIpc) is 2.17. The Bertz CT molecular complexity index is 333. The summed E-state index contributed by atoms with van der Waals surface area (Å²) in [6.07, 6.45) is 2.06. The molecular weight excluding hydrogens is 186 g/mol. The Labute approximate surface area is 91.7 Å². The Morgan fingerprint density at radius 2 is 2.07 bits per heavy atom. The van der Waals surface area contributed by atoms with Gasteiger partial charge in [0.2, 0.25) is 5.91 Å². The summed E-state index contributed by atoms with van der Waals surface area (Å²) in [5.41, 5.74) is 2.47. The molecule has 1 unspecified atom stereocenters. The molecule has 0 saturated carbocycles. The van der Waals surface area contributed by atoms with E-state index in [-0.39, 0.29) is 11.9 Å². The van der Waals surface area contributed by atoms with Gasteiger partial charge in [0.25, 0.3) is 0 Å². The van der Waals surface area contributed by atoms with E-state index in [9.17, 15) is 4.79 Å². The van der Waals surface area contributed by atoms with E-state index in [2.05, 4.69) is 31.3 Å². The number of aryl methyl sites for hydroxylation is 1. The zero-order valence-corrected chi connectivity index (χ0v) is 9.71. The van der Waals surface area contributed by atoms with E-state index in [4.69, 9.17) is 0 Å². The zero-order chi connectivity index (χ0) is 11.3. The van der Waals surface area contributed by atoms with E-state index >= 15 is 0 Å². The minimum Gasteiger partial charge on any atom is -0.350 e. The second-order valence-electron chi connectivity index (χ2n) is 3.90. The lowest BCUT2D eigenvalue weighted by atomic mass is 9.98. The number of rotatable bonds is 4. The fraction of sp³-hybridized carbons (Fsp3) is 0.462. The van der Waals surface area contributed by atoms with E-state index in [0.717, 1.165) is 12.8 Å². The van der Waals surface area contributed by atoms with E-state index < -0.39 is 0 Å². The molecule has 1 rings (SSSR count). The van der Waals surface area contributed by atoms with E-state index in [0.29, 0.717) is 0 Å². The van der Waals surface area contributed by atoms with Crippen LogP contribution in [0, 0.1) is 6.92 Å². The van der Waals surface area contributed by atoms with Crippen molar-refractivity contribution in [3.8, 4) is 0 Å². The van der Waals surface area contributed by atoms with Gasteiger partial charge in [0.15, 0.2) is 0 Å². The van der Waals surface area contributed by atoms with Crippen LogP contribution in [0.1, 0.15) is 43.9 Å². The molecular formula is C13H19NO. The van der Waals surface area contributed by atoms with Crippen LogP contribution in [0.3, 0.4) is 0 Å². The summed E-state index contributed by atoms with van der Waals surface area (Å²) in [6, 6.07) is 8.38. The highest BCUT2D eigenvalue weighted by Crippen LogP contribution is 2.21. The lowest BCUT2D eigenvalue weighted by Crippen LogP contribution is -2.26.